The zero-order chi connectivity index (χ0) is 20.3. The third kappa shape index (κ3) is 3.97. The van der Waals surface area contributed by atoms with Crippen molar-refractivity contribution in [1.82, 2.24) is 9.80 Å². The maximum atomic E-state index is 13.4. The van der Waals surface area contributed by atoms with Crippen molar-refractivity contribution in [3.8, 4) is 0 Å². The Bertz CT molecular complexity index is 892. The van der Waals surface area contributed by atoms with E-state index in [1.807, 2.05) is 19.0 Å². The van der Waals surface area contributed by atoms with Crippen LogP contribution in [0.2, 0.25) is 0 Å². The van der Waals surface area contributed by atoms with Gasteiger partial charge in [0, 0.05) is 12.1 Å². The number of carbonyl (C=O) groups is 2. The van der Waals surface area contributed by atoms with Gasteiger partial charge in [0.2, 0.25) is 0 Å². The lowest BCUT2D eigenvalue weighted by molar-refractivity contribution is -0.139. The van der Waals surface area contributed by atoms with Gasteiger partial charge in [-0.25, -0.2) is 4.39 Å². The lowest BCUT2D eigenvalue weighted by Gasteiger charge is -2.26. The zero-order valence-electron chi connectivity index (χ0n) is 15.9. The van der Waals surface area contributed by atoms with Gasteiger partial charge in [0.15, 0.2) is 0 Å². The van der Waals surface area contributed by atoms with E-state index in [4.69, 9.17) is 0 Å². The average Bonchev–Trinajstić information content (AvgIpc) is 2.93. The lowest BCUT2D eigenvalue weighted by atomic mass is 9.95. The molecule has 1 N–H and O–H groups in total. The highest BCUT2D eigenvalue weighted by molar-refractivity contribution is 6.46. The third-order valence-corrected chi connectivity index (χ3v) is 4.78. The predicted molar refractivity (Wildman–Crippen MR) is 105 cm³/mol. The summed E-state index contributed by atoms with van der Waals surface area (Å²) in [6, 6.07) is 13.6. The molecule has 0 aromatic heterocycles. The maximum Gasteiger partial charge on any atom is 0.295 e. The number of nitrogens with zero attached hydrogens (tertiary/aromatic N) is 2. The molecule has 1 heterocycles. The Balaban J connectivity index is 2.07. The second-order valence-corrected chi connectivity index (χ2v) is 7.07. The molecule has 0 radical (unpaired) electrons. The Hall–Kier alpha value is -2.99. The van der Waals surface area contributed by atoms with Crippen LogP contribution in [0.25, 0.3) is 5.76 Å². The Morgan fingerprint density at radius 3 is 2.32 bits per heavy atom. The first-order valence-electron chi connectivity index (χ1n) is 9.14. The van der Waals surface area contributed by atoms with Crippen molar-refractivity contribution < 1.29 is 19.1 Å². The highest BCUT2D eigenvalue weighted by atomic mass is 19.1. The molecular formula is C22H23FN2O3. The van der Waals surface area contributed by atoms with E-state index in [0.717, 1.165) is 6.54 Å². The fourth-order valence-electron chi connectivity index (χ4n) is 3.41. The van der Waals surface area contributed by atoms with Gasteiger partial charge in [-0.3, -0.25) is 9.59 Å². The van der Waals surface area contributed by atoms with Crippen molar-refractivity contribution in [3.63, 3.8) is 0 Å². The van der Waals surface area contributed by atoms with Gasteiger partial charge in [0.25, 0.3) is 11.7 Å². The molecule has 0 saturated carbocycles. The van der Waals surface area contributed by atoms with Crippen LogP contribution in [0.1, 0.15) is 23.6 Å². The monoisotopic (exact) mass is 382 g/mol. The molecule has 0 aliphatic carbocycles. The molecule has 28 heavy (non-hydrogen) atoms. The van der Waals surface area contributed by atoms with Crippen molar-refractivity contribution in [2.45, 2.75) is 12.5 Å². The van der Waals surface area contributed by atoms with Gasteiger partial charge in [0.05, 0.1) is 11.6 Å². The predicted octanol–water partition coefficient (Wildman–Crippen LogP) is 3.20. The number of rotatable bonds is 6. The minimum absolute atomic E-state index is 0.0349. The van der Waals surface area contributed by atoms with Crippen molar-refractivity contribution in [2.75, 3.05) is 27.2 Å². The van der Waals surface area contributed by atoms with E-state index < -0.39 is 23.5 Å². The van der Waals surface area contributed by atoms with Gasteiger partial charge >= 0.3 is 0 Å². The number of aliphatic hydroxyl groups excluding tert-OH is 1. The van der Waals surface area contributed by atoms with Gasteiger partial charge in [-0.2, -0.15) is 0 Å². The van der Waals surface area contributed by atoms with E-state index in [2.05, 4.69) is 0 Å². The molecule has 2 aromatic rings. The summed E-state index contributed by atoms with van der Waals surface area (Å²) in [6.45, 7) is 1.11. The molecule has 1 atom stereocenters. The second-order valence-electron chi connectivity index (χ2n) is 7.07. The maximum absolute atomic E-state index is 13.4. The van der Waals surface area contributed by atoms with E-state index in [9.17, 15) is 19.1 Å². The third-order valence-electron chi connectivity index (χ3n) is 4.78. The van der Waals surface area contributed by atoms with Crippen molar-refractivity contribution in [2.24, 2.45) is 0 Å². The van der Waals surface area contributed by atoms with E-state index >= 15 is 0 Å². The van der Waals surface area contributed by atoms with Crippen LogP contribution in [0.4, 0.5) is 4.39 Å². The van der Waals surface area contributed by atoms with E-state index in [1.165, 1.54) is 17.0 Å². The molecule has 3 rings (SSSR count). The number of carbonyl (C=O) groups excluding carboxylic acids is 2. The topological polar surface area (TPSA) is 60.9 Å². The first-order valence-corrected chi connectivity index (χ1v) is 9.14. The Morgan fingerprint density at radius 1 is 1.07 bits per heavy atom. The smallest absolute Gasteiger partial charge is 0.295 e. The molecular weight excluding hydrogens is 359 g/mol. The van der Waals surface area contributed by atoms with E-state index in [-0.39, 0.29) is 11.3 Å². The summed E-state index contributed by atoms with van der Waals surface area (Å²) in [6.07, 6.45) is 0.670. The quantitative estimate of drug-likeness (QED) is 0.474. The molecule has 0 spiro atoms. The lowest BCUT2D eigenvalue weighted by Crippen LogP contribution is -2.32. The average molecular weight is 382 g/mol. The van der Waals surface area contributed by atoms with Gasteiger partial charge in [-0.1, -0.05) is 42.5 Å². The number of hydrogen-bond donors (Lipinski definition) is 1. The Kier molecular flexibility index (Phi) is 5.90. The first-order chi connectivity index (χ1) is 13.4. The number of aliphatic hydroxyl groups is 1. The highest BCUT2D eigenvalue weighted by Crippen LogP contribution is 2.39. The SMILES string of the molecule is CN(C)CCCN1C(=O)C(=O)/C(=C(/O)c2ccccc2)[C@@H]1c1ccc(F)cc1. The molecule has 2 aromatic carbocycles. The van der Waals surface area contributed by atoms with Gasteiger partial charge in [-0.05, 0) is 44.8 Å². The number of Topliss-reactive ketones (excluding diaryl/α,β-unsaturated/α-hetero) is 1. The summed E-state index contributed by atoms with van der Waals surface area (Å²) in [4.78, 5) is 29.0. The number of ketones is 1. The summed E-state index contributed by atoms with van der Waals surface area (Å²) in [5.41, 5.74) is 1.08. The molecule has 1 aliphatic heterocycles. The fraction of sp³-hybridized carbons (Fsp3) is 0.273. The van der Waals surface area contributed by atoms with Crippen molar-refractivity contribution in [1.29, 1.82) is 0 Å². The summed E-state index contributed by atoms with van der Waals surface area (Å²) < 4.78 is 13.4. The van der Waals surface area contributed by atoms with E-state index in [1.54, 1.807) is 42.5 Å². The van der Waals surface area contributed by atoms with Crippen LogP contribution < -0.4 is 0 Å². The summed E-state index contributed by atoms with van der Waals surface area (Å²) >= 11 is 0. The zero-order valence-corrected chi connectivity index (χ0v) is 15.9. The van der Waals surface area contributed by atoms with Gasteiger partial charge in [0.1, 0.15) is 11.6 Å². The van der Waals surface area contributed by atoms with Crippen molar-refractivity contribution in [3.05, 3.63) is 77.1 Å². The van der Waals surface area contributed by atoms with Crippen LogP contribution in [0.3, 0.4) is 0 Å². The van der Waals surface area contributed by atoms with Crippen LogP contribution in [0.15, 0.2) is 60.2 Å². The van der Waals surface area contributed by atoms with Crippen LogP contribution in [0, 0.1) is 5.82 Å². The minimum atomic E-state index is -0.747. The Labute approximate surface area is 163 Å². The largest absolute Gasteiger partial charge is 0.507 e. The molecule has 6 heteroatoms. The van der Waals surface area contributed by atoms with Crippen LogP contribution >= 0.6 is 0 Å². The Morgan fingerprint density at radius 2 is 1.71 bits per heavy atom. The number of hydrogen-bond acceptors (Lipinski definition) is 4. The van der Waals surface area contributed by atoms with Gasteiger partial charge < -0.3 is 14.9 Å². The van der Waals surface area contributed by atoms with Gasteiger partial charge in [-0.15, -0.1) is 0 Å². The summed E-state index contributed by atoms with van der Waals surface area (Å²) in [5, 5.41) is 10.8. The molecule has 1 fully saturated rings. The molecule has 1 saturated heterocycles. The van der Waals surface area contributed by atoms with Crippen molar-refractivity contribution >= 4 is 17.4 Å². The molecule has 5 nitrogen and oxygen atoms in total. The van der Waals surface area contributed by atoms with E-state index in [0.29, 0.717) is 24.1 Å². The fourth-order valence-corrected chi connectivity index (χ4v) is 3.41. The van der Waals surface area contributed by atoms with Crippen LogP contribution in [-0.2, 0) is 9.59 Å². The first kappa shape index (κ1) is 19.8. The van der Waals surface area contributed by atoms with Crippen LogP contribution in [-0.4, -0.2) is 53.8 Å². The molecule has 0 bridgehead atoms. The highest BCUT2D eigenvalue weighted by Gasteiger charge is 2.45. The molecule has 1 aliphatic rings. The number of halogens is 1. The minimum Gasteiger partial charge on any atom is -0.507 e. The van der Waals surface area contributed by atoms with Crippen LogP contribution in [0.5, 0.6) is 0 Å². The molecule has 146 valence electrons. The second kappa shape index (κ2) is 8.35. The standard InChI is InChI=1S/C22H23FN2O3/c1-24(2)13-6-14-25-19(15-9-11-17(23)12-10-15)18(21(27)22(25)28)20(26)16-7-4-3-5-8-16/h3-5,7-12,19,26H,6,13-14H2,1-2H3/b20-18+/t19-/m0/s1. The normalized spacial score (nSPS) is 18.9. The molecule has 1 amide bonds. The number of benzene rings is 2. The number of amides is 1. The summed E-state index contributed by atoms with van der Waals surface area (Å²) in [7, 11) is 3.86. The molecule has 0 unspecified atom stereocenters. The summed E-state index contributed by atoms with van der Waals surface area (Å²) in [5.74, 6) is -1.99. The number of likely N-dealkylation sites (tertiary alicyclic amines) is 1.